The van der Waals surface area contributed by atoms with Crippen molar-refractivity contribution in [3.05, 3.63) is 63.4 Å². The van der Waals surface area contributed by atoms with Gasteiger partial charge in [-0.3, -0.25) is 9.36 Å². The Labute approximate surface area is 179 Å². The van der Waals surface area contributed by atoms with Gasteiger partial charge in [0.25, 0.3) is 5.56 Å². The van der Waals surface area contributed by atoms with Gasteiger partial charge in [-0.25, -0.2) is 4.79 Å². The zero-order valence-corrected chi connectivity index (χ0v) is 17.0. The summed E-state index contributed by atoms with van der Waals surface area (Å²) in [6.45, 7) is 1.45. The van der Waals surface area contributed by atoms with Crippen molar-refractivity contribution in [2.24, 2.45) is 0 Å². The average Bonchev–Trinajstić information content (AvgIpc) is 2.76. The van der Waals surface area contributed by atoms with Crippen LogP contribution in [0.5, 0.6) is 17.2 Å². The lowest BCUT2D eigenvalue weighted by Gasteiger charge is -2.29. The number of pyridine rings is 1. The van der Waals surface area contributed by atoms with Gasteiger partial charge < -0.3 is 19.3 Å². The molecule has 1 N–H and O–H groups in total. The number of aromatic hydroxyl groups is 1. The minimum atomic E-state index is -4.48. The van der Waals surface area contributed by atoms with Crippen LogP contribution in [0.15, 0.2) is 41.2 Å². The van der Waals surface area contributed by atoms with Crippen molar-refractivity contribution in [2.75, 3.05) is 13.7 Å². The molecule has 1 atom stereocenters. The van der Waals surface area contributed by atoms with Crippen molar-refractivity contribution in [1.82, 2.24) is 4.57 Å². The zero-order valence-electron chi connectivity index (χ0n) is 17.0. The van der Waals surface area contributed by atoms with Gasteiger partial charge in [0.05, 0.1) is 31.2 Å². The molecule has 0 spiro atoms. The Bertz CT molecular complexity index is 1260. The van der Waals surface area contributed by atoms with Gasteiger partial charge in [-0.2, -0.15) is 13.2 Å². The number of aromatic nitrogens is 1. The highest BCUT2D eigenvalue weighted by atomic mass is 19.4. The summed E-state index contributed by atoms with van der Waals surface area (Å²) in [5, 5.41) is 10.8. The predicted molar refractivity (Wildman–Crippen MR) is 107 cm³/mol. The summed E-state index contributed by atoms with van der Waals surface area (Å²) in [7, 11) is 1.37. The quantitative estimate of drug-likeness (QED) is 0.605. The Kier molecular flexibility index (Phi) is 5.23. The number of rotatable bonds is 4. The number of alkyl halides is 3. The Morgan fingerprint density at radius 3 is 2.50 bits per heavy atom. The van der Waals surface area contributed by atoms with Crippen LogP contribution in [0.25, 0.3) is 10.9 Å². The molecule has 1 aliphatic heterocycles. The summed E-state index contributed by atoms with van der Waals surface area (Å²) >= 11 is 0. The highest BCUT2D eigenvalue weighted by Gasteiger charge is 2.33. The lowest BCUT2D eigenvalue weighted by molar-refractivity contribution is -0.137. The van der Waals surface area contributed by atoms with Crippen LogP contribution >= 0.6 is 0 Å². The van der Waals surface area contributed by atoms with Crippen molar-refractivity contribution >= 4 is 16.9 Å². The fourth-order valence-corrected chi connectivity index (χ4v) is 3.76. The molecule has 2 aromatic carbocycles. The summed E-state index contributed by atoms with van der Waals surface area (Å²) in [6, 6.07) is 7.43. The van der Waals surface area contributed by atoms with Crippen LogP contribution in [0.4, 0.5) is 13.2 Å². The first kappa shape index (κ1) is 21.5. The minimum absolute atomic E-state index is 0.00971. The monoisotopic (exact) mass is 449 g/mol. The lowest BCUT2D eigenvalue weighted by atomic mass is 10.0. The van der Waals surface area contributed by atoms with Crippen LogP contribution in [0, 0.1) is 0 Å². The highest BCUT2D eigenvalue weighted by Crippen LogP contribution is 2.43. The molecule has 0 amide bonds. The van der Waals surface area contributed by atoms with Gasteiger partial charge in [-0.15, -0.1) is 0 Å². The maximum absolute atomic E-state index is 13.2. The van der Waals surface area contributed by atoms with Gasteiger partial charge in [0.15, 0.2) is 5.56 Å². The molecule has 1 aliphatic rings. The van der Waals surface area contributed by atoms with Crippen LogP contribution in [0.3, 0.4) is 0 Å². The van der Waals surface area contributed by atoms with Crippen LogP contribution in [0.1, 0.15) is 34.5 Å². The largest absolute Gasteiger partial charge is 0.506 e. The van der Waals surface area contributed by atoms with Crippen LogP contribution in [-0.2, 0) is 17.5 Å². The summed E-state index contributed by atoms with van der Waals surface area (Å²) in [5.41, 5.74) is -1.55. The van der Waals surface area contributed by atoms with E-state index in [1.807, 2.05) is 0 Å². The van der Waals surface area contributed by atoms with E-state index in [2.05, 4.69) is 0 Å². The number of benzene rings is 2. The second-order valence-corrected chi connectivity index (χ2v) is 7.08. The number of ether oxygens (including phenoxy) is 3. The Balaban J connectivity index is 1.89. The molecule has 0 aliphatic carbocycles. The molecule has 0 fully saturated rings. The standard InChI is InChI=1S/C22H18F3NO6/c1-3-31-21(29)17-19(27)16-13(30-2)8-9-14-18(16)26(20(17)28)10-15(32-14)11-4-6-12(7-5-11)22(23,24)25/h4-9,15,27H,3,10H2,1-2H3. The molecule has 0 bridgehead atoms. The first-order valence-corrected chi connectivity index (χ1v) is 9.64. The van der Waals surface area contributed by atoms with Crippen molar-refractivity contribution in [3.63, 3.8) is 0 Å². The van der Waals surface area contributed by atoms with Gasteiger partial charge in [0.1, 0.15) is 28.9 Å². The number of nitrogens with zero attached hydrogens (tertiary/aromatic N) is 1. The fraction of sp³-hybridized carbons (Fsp3) is 0.273. The molecule has 0 radical (unpaired) electrons. The van der Waals surface area contributed by atoms with Gasteiger partial charge in [-0.05, 0) is 36.8 Å². The van der Waals surface area contributed by atoms with E-state index in [1.165, 1.54) is 35.9 Å². The SMILES string of the molecule is CCOC(=O)c1c(O)c2c(OC)ccc3c2n(c1=O)CC(c1ccc(C(F)(F)F)cc1)O3. The second kappa shape index (κ2) is 7.77. The summed E-state index contributed by atoms with van der Waals surface area (Å²) in [4.78, 5) is 25.6. The van der Waals surface area contributed by atoms with E-state index in [-0.39, 0.29) is 35.6 Å². The van der Waals surface area contributed by atoms with Crippen LogP contribution in [0.2, 0.25) is 0 Å². The maximum Gasteiger partial charge on any atom is 0.416 e. The van der Waals surface area contributed by atoms with Crippen molar-refractivity contribution in [2.45, 2.75) is 25.7 Å². The zero-order chi connectivity index (χ0) is 23.2. The number of hydrogen-bond donors (Lipinski definition) is 1. The van der Waals surface area contributed by atoms with Gasteiger partial charge in [-0.1, -0.05) is 12.1 Å². The second-order valence-electron chi connectivity index (χ2n) is 7.08. The number of methoxy groups -OCH3 is 1. The fourth-order valence-electron chi connectivity index (χ4n) is 3.76. The smallest absolute Gasteiger partial charge is 0.416 e. The van der Waals surface area contributed by atoms with Crippen LogP contribution < -0.4 is 15.0 Å². The van der Waals surface area contributed by atoms with Gasteiger partial charge >= 0.3 is 12.1 Å². The topological polar surface area (TPSA) is 87.0 Å². The number of esters is 1. The molecule has 1 aromatic heterocycles. The summed E-state index contributed by atoms with van der Waals surface area (Å²) in [5.74, 6) is -1.17. The van der Waals surface area contributed by atoms with E-state index >= 15 is 0 Å². The Hall–Kier alpha value is -3.69. The predicted octanol–water partition coefficient (Wildman–Crippen LogP) is 4.04. The van der Waals surface area contributed by atoms with Crippen molar-refractivity contribution in [1.29, 1.82) is 0 Å². The molecule has 10 heteroatoms. The number of carbonyl (C=O) groups excluding carboxylic acids is 1. The maximum atomic E-state index is 13.2. The van der Waals surface area contributed by atoms with Crippen molar-refractivity contribution in [3.8, 4) is 17.2 Å². The highest BCUT2D eigenvalue weighted by molar-refractivity contribution is 6.03. The van der Waals surface area contributed by atoms with E-state index in [0.717, 1.165) is 12.1 Å². The third kappa shape index (κ3) is 3.41. The average molecular weight is 449 g/mol. The minimum Gasteiger partial charge on any atom is -0.506 e. The Morgan fingerprint density at radius 2 is 1.91 bits per heavy atom. The molecule has 32 heavy (non-hydrogen) atoms. The molecule has 0 saturated carbocycles. The molecule has 2 heterocycles. The third-order valence-electron chi connectivity index (χ3n) is 5.23. The molecule has 0 saturated heterocycles. The Morgan fingerprint density at radius 1 is 1.22 bits per heavy atom. The third-order valence-corrected chi connectivity index (χ3v) is 5.23. The molecular weight excluding hydrogens is 431 g/mol. The molecule has 168 valence electrons. The van der Waals surface area contributed by atoms with Crippen LogP contribution in [-0.4, -0.2) is 29.4 Å². The number of halogens is 3. The van der Waals surface area contributed by atoms with Crippen molar-refractivity contribution < 1.29 is 37.3 Å². The normalized spacial score (nSPS) is 15.3. The van der Waals surface area contributed by atoms with E-state index < -0.39 is 40.7 Å². The summed E-state index contributed by atoms with van der Waals surface area (Å²) in [6.07, 6.45) is -5.29. The van der Waals surface area contributed by atoms with E-state index in [9.17, 15) is 27.9 Å². The number of carbonyl (C=O) groups is 1. The van der Waals surface area contributed by atoms with Gasteiger partial charge in [0, 0.05) is 0 Å². The molecule has 7 nitrogen and oxygen atoms in total. The molecule has 1 unspecified atom stereocenters. The van der Waals surface area contributed by atoms with E-state index in [4.69, 9.17) is 14.2 Å². The molecular formula is C22H18F3NO6. The van der Waals surface area contributed by atoms with E-state index in [1.54, 1.807) is 6.92 Å². The first-order chi connectivity index (χ1) is 15.2. The first-order valence-electron chi connectivity index (χ1n) is 9.64. The number of hydrogen-bond acceptors (Lipinski definition) is 6. The molecule has 4 rings (SSSR count). The molecule has 3 aromatic rings. The summed E-state index contributed by atoms with van der Waals surface area (Å²) < 4.78 is 56.1. The van der Waals surface area contributed by atoms with Gasteiger partial charge in [0.2, 0.25) is 0 Å². The van der Waals surface area contributed by atoms with E-state index in [0.29, 0.717) is 5.56 Å². The lowest BCUT2D eigenvalue weighted by Crippen LogP contribution is -2.33.